The van der Waals surface area contributed by atoms with Gasteiger partial charge in [-0.05, 0) is 51.4 Å². The molecule has 0 saturated carbocycles. The molecule has 0 spiro atoms. The minimum absolute atomic E-state index is 0.364. The van der Waals surface area contributed by atoms with Crippen molar-refractivity contribution in [3.05, 3.63) is 24.3 Å². The van der Waals surface area contributed by atoms with Crippen LogP contribution in [0.2, 0.25) is 0 Å². The highest BCUT2D eigenvalue weighted by Crippen LogP contribution is 2.16. The predicted molar refractivity (Wildman–Crippen MR) is 224 cm³/mol. The van der Waals surface area contributed by atoms with Crippen LogP contribution in [-0.2, 0) is 4.79 Å². The molecule has 0 bridgehead atoms. The van der Waals surface area contributed by atoms with Gasteiger partial charge in [-0.1, -0.05) is 205 Å². The summed E-state index contributed by atoms with van der Waals surface area (Å²) in [5.74, 6) is -0.595. The summed E-state index contributed by atoms with van der Waals surface area (Å²) in [4.78, 5) is 12.5. The van der Waals surface area contributed by atoms with E-state index in [1.807, 2.05) is 0 Å². The van der Waals surface area contributed by atoms with E-state index in [9.17, 15) is 25.2 Å². The summed E-state index contributed by atoms with van der Waals surface area (Å²) >= 11 is 0. The van der Waals surface area contributed by atoms with Gasteiger partial charge in [-0.3, -0.25) is 4.79 Å². The van der Waals surface area contributed by atoms with Crippen LogP contribution in [0.1, 0.15) is 232 Å². The number of aliphatic hydroxyl groups is 4. The second-order valence-corrected chi connectivity index (χ2v) is 15.7. The molecule has 0 aromatic heterocycles. The molecule has 0 rings (SSSR count). The lowest BCUT2D eigenvalue weighted by molar-refractivity contribution is -0.132. The average Bonchev–Trinajstić information content (AvgIpc) is 3.15. The molecular weight excluding hydrogens is 647 g/mol. The highest BCUT2D eigenvalue weighted by molar-refractivity contribution is 5.80. The Bertz CT molecular complexity index is 787. The maximum Gasteiger partial charge on any atom is 0.249 e. The lowest BCUT2D eigenvalue weighted by Gasteiger charge is -2.27. The fourth-order valence-electron chi connectivity index (χ4n) is 7.01. The fourth-order valence-corrected chi connectivity index (χ4v) is 7.01. The van der Waals surface area contributed by atoms with Crippen LogP contribution in [0.4, 0.5) is 0 Å². The predicted octanol–water partition coefficient (Wildman–Crippen LogP) is 12.0. The van der Waals surface area contributed by atoms with Gasteiger partial charge in [0.15, 0.2) is 0 Å². The van der Waals surface area contributed by atoms with Crippen molar-refractivity contribution in [3.8, 4) is 0 Å². The number of carbonyl (C=O) groups is 1. The molecule has 0 fully saturated rings. The Morgan fingerprint density at radius 1 is 0.462 bits per heavy atom. The van der Waals surface area contributed by atoms with Crippen molar-refractivity contribution >= 4 is 5.91 Å². The summed E-state index contributed by atoms with van der Waals surface area (Å²) < 4.78 is 0. The first-order chi connectivity index (χ1) is 25.5. The zero-order chi connectivity index (χ0) is 38.2. The van der Waals surface area contributed by atoms with Crippen LogP contribution in [0.25, 0.3) is 0 Å². The Labute approximate surface area is 323 Å². The molecule has 0 aromatic carbocycles. The summed E-state index contributed by atoms with van der Waals surface area (Å²) in [7, 11) is 0. The van der Waals surface area contributed by atoms with Gasteiger partial charge >= 0.3 is 0 Å². The van der Waals surface area contributed by atoms with Crippen molar-refractivity contribution in [2.24, 2.45) is 0 Å². The van der Waals surface area contributed by atoms with E-state index in [1.165, 1.54) is 161 Å². The van der Waals surface area contributed by atoms with Crippen LogP contribution >= 0.6 is 0 Å². The van der Waals surface area contributed by atoms with Gasteiger partial charge in [-0.15, -0.1) is 0 Å². The molecule has 308 valence electrons. The van der Waals surface area contributed by atoms with Crippen molar-refractivity contribution in [3.63, 3.8) is 0 Å². The van der Waals surface area contributed by atoms with Gasteiger partial charge < -0.3 is 25.7 Å². The summed E-state index contributed by atoms with van der Waals surface area (Å²) in [6, 6.07) is -1.00. The van der Waals surface area contributed by atoms with Gasteiger partial charge in [0.25, 0.3) is 0 Å². The smallest absolute Gasteiger partial charge is 0.249 e. The number of rotatable bonds is 41. The van der Waals surface area contributed by atoms with Crippen LogP contribution < -0.4 is 5.32 Å². The van der Waals surface area contributed by atoms with E-state index >= 15 is 0 Å². The third-order valence-corrected chi connectivity index (χ3v) is 10.6. The van der Waals surface area contributed by atoms with Gasteiger partial charge in [-0.25, -0.2) is 0 Å². The molecular formula is C46H89NO5. The van der Waals surface area contributed by atoms with E-state index in [4.69, 9.17) is 0 Å². The number of allylic oxidation sites excluding steroid dienone is 4. The number of aliphatic hydroxyl groups excluding tert-OH is 4. The molecule has 5 N–H and O–H groups in total. The van der Waals surface area contributed by atoms with E-state index in [2.05, 4.69) is 43.5 Å². The summed E-state index contributed by atoms with van der Waals surface area (Å²) in [6.07, 6.45) is 46.4. The zero-order valence-electron chi connectivity index (χ0n) is 34.6. The van der Waals surface area contributed by atoms with Crippen molar-refractivity contribution < 1.29 is 25.2 Å². The number of hydrogen-bond donors (Lipinski definition) is 5. The minimum atomic E-state index is -1.29. The average molecular weight is 736 g/mol. The minimum Gasteiger partial charge on any atom is -0.394 e. The maximum absolute atomic E-state index is 12.5. The van der Waals surface area contributed by atoms with Crippen molar-refractivity contribution in [1.82, 2.24) is 5.32 Å². The first-order valence-corrected chi connectivity index (χ1v) is 22.7. The Morgan fingerprint density at radius 2 is 0.808 bits per heavy atom. The molecule has 0 radical (unpaired) electrons. The molecule has 6 heteroatoms. The Kier molecular flexibility index (Phi) is 40.0. The van der Waals surface area contributed by atoms with E-state index in [0.29, 0.717) is 19.3 Å². The highest BCUT2D eigenvalue weighted by Gasteiger charge is 2.28. The topological polar surface area (TPSA) is 110 Å². The van der Waals surface area contributed by atoms with Crippen molar-refractivity contribution in [2.75, 3.05) is 6.61 Å². The van der Waals surface area contributed by atoms with Gasteiger partial charge in [0.05, 0.1) is 18.8 Å². The van der Waals surface area contributed by atoms with E-state index in [-0.39, 0.29) is 0 Å². The maximum atomic E-state index is 12.5. The number of carbonyl (C=O) groups excluding carboxylic acids is 1. The number of nitrogens with one attached hydrogen (secondary N) is 1. The number of unbranched alkanes of at least 4 members (excludes halogenated alkanes) is 28. The summed E-state index contributed by atoms with van der Waals surface area (Å²) in [5, 5.41) is 43.6. The lowest BCUT2D eigenvalue weighted by atomic mass is 10.00. The molecule has 4 atom stereocenters. The summed E-state index contributed by atoms with van der Waals surface area (Å²) in [5.41, 5.74) is 0. The van der Waals surface area contributed by atoms with Gasteiger partial charge in [-0.2, -0.15) is 0 Å². The monoisotopic (exact) mass is 736 g/mol. The quantitative estimate of drug-likeness (QED) is 0.0317. The van der Waals surface area contributed by atoms with E-state index < -0.39 is 36.9 Å². The van der Waals surface area contributed by atoms with E-state index in [0.717, 1.165) is 38.5 Å². The molecule has 0 saturated heterocycles. The molecule has 6 nitrogen and oxygen atoms in total. The third-order valence-electron chi connectivity index (χ3n) is 10.6. The number of hydrogen-bond acceptors (Lipinski definition) is 5. The van der Waals surface area contributed by atoms with Crippen LogP contribution in [0.5, 0.6) is 0 Å². The largest absolute Gasteiger partial charge is 0.394 e. The Balaban J connectivity index is 3.72. The van der Waals surface area contributed by atoms with Gasteiger partial charge in [0.1, 0.15) is 12.2 Å². The fraction of sp³-hybridized carbons (Fsp3) is 0.891. The third kappa shape index (κ3) is 34.6. The van der Waals surface area contributed by atoms with Crippen molar-refractivity contribution in [2.45, 2.75) is 257 Å². The molecule has 1 amide bonds. The number of amides is 1. The Morgan fingerprint density at radius 3 is 1.21 bits per heavy atom. The van der Waals surface area contributed by atoms with Gasteiger partial charge in [0, 0.05) is 0 Å². The second kappa shape index (κ2) is 41.0. The summed E-state index contributed by atoms with van der Waals surface area (Å²) in [6.45, 7) is 4.03. The second-order valence-electron chi connectivity index (χ2n) is 15.7. The molecule has 0 aliphatic carbocycles. The normalized spacial score (nSPS) is 14.3. The van der Waals surface area contributed by atoms with E-state index in [1.54, 1.807) is 0 Å². The molecule has 52 heavy (non-hydrogen) atoms. The van der Waals surface area contributed by atoms with Crippen molar-refractivity contribution in [1.29, 1.82) is 0 Å². The zero-order valence-corrected chi connectivity index (χ0v) is 34.6. The van der Waals surface area contributed by atoms with Crippen LogP contribution in [0, 0.1) is 0 Å². The molecule has 0 aromatic rings. The lowest BCUT2D eigenvalue weighted by Crippen LogP contribution is -2.53. The molecule has 0 heterocycles. The SMILES string of the molecule is CCCCCCC/C=C/CC/C=C/CCCC(O)C(O)C(CO)NC(=O)C(O)CCCCCCCCCCCCCCCCCCCCCCCC. The first-order valence-electron chi connectivity index (χ1n) is 22.7. The first kappa shape index (κ1) is 50.8. The van der Waals surface area contributed by atoms with Crippen LogP contribution in [-0.4, -0.2) is 57.3 Å². The van der Waals surface area contributed by atoms with Crippen LogP contribution in [0.15, 0.2) is 24.3 Å². The standard InChI is InChI=1S/C46H89NO5/c1-3-5-7-9-11-13-15-17-19-20-21-22-23-24-25-26-28-30-32-34-36-38-40-44(50)46(52)47-42(41-48)45(51)43(49)39-37-35-33-31-29-27-18-16-14-12-10-8-6-4-2/h16,18,31,33,42-45,48-51H,3-15,17,19-30,32,34-41H2,1-2H3,(H,47,52)/b18-16+,33-31+. The Hall–Kier alpha value is -1.21. The highest BCUT2D eigenvalue weighted by atomic mass is 16.3. The molecule has 0 aliphatic rings. The van der Waals surface area contributed by atoms with Gasteiger partial charge in [0.2, 0.25) is 5.91 Å². The molecule has 4 unspecified atom stereocenters. The van der Waals surface area contributed by atoms with Crippen LogP contribution in [0.3, 0.4) is 0 Å². The molecule has 0 aliphatic heterocycles.